The summed E-state index contributed by atoms with van der Waals surface area (Å²) in [5, 5.41) is 2.84. The number of rotatable bonds is 27. The van der Waals surface area contributed by atoms with Crippen LogP contribution in [0.4, 0.5) is 0 Å². The zero-order chi connectivity index (χ0) is 25.1. The molecule has 0 aromatic carbocycles. The molecule has 0 aliphatic carbocycles. The first kappa shape index (κ1) is 32.9. The Morgan fingerprint density at radius 3 is 1.71 bits per heavy atom. The molecular formula is C25H50N2O7. The van der Waals surface area contributed by atoms with Crippen molar-refractivity contribution in [1.82, 2.24) is 10.2 Å². The summed E-state index contributed by atoms with van der Waals surface area (Å²) in [7, 11) is 0. The first-order valence-corrected chi connectivity index (χ1v) is 12.9. The highest BCUT2D eigenvalue weighted by Crippen LogP contribution is 2.02. The van der Waals surface area contributed by atoms with Gasteiger partial charge in [-0.2, -0.15) is 0 Å². The number of Topliss-reactive ketones (excluding diaryl/α,β-unsaturated/α-hetero) is 1. The van der Waals surface area contributed by atoms with Crippen LogP contribution in [0.3, 0.4) is 0 Å². The molecule has 0 saturated carbocycles. The van der Waals surface area contributed by atoms with Gasteiger partial charge in [0, 0.05) is 46.2 Å². The lowest BCUT2D eigenvalue weighted by Crippen LogP contribution is -2.32. The first-order valence-electron chi connectivity index (χ1n) is 12.9. The molecule has 0 aromatic rings. The van der Waals surface area contributed by atoms with E-state index < -0.39 is 0 Å². The predicted molar refractivity (Wildman–Crippen MR) is 133 cm³/mol. The fourth-order valence-corrected chi connectivity index (χ4v) is 3.13. The molecule has 0 atom stereocenters. The van der Waals surface area contributed by atoms with E-state index in [0.717, 1.165) is 58.3 Å². The summed E-state index contributed by atoms with van der Waals surface area (Å²) >= 11 is 0. The quantitative estimate of drug-likeness (QED) is 0.176. The van der Waals surface area contributed by atoms with Crippen LogP contribution >= 0.6 is 0 Å². The van der Waals surface area contributed by atoms with Gasteiger partial charge in [-0.3, -0.25) is 9.69 Å². The van der Waals surface area contributed by atoms with Crippen LogP contribution in [-0.4, -0.2) is 109 Å². The minimum absolute atomic E-state index is 0.0331. The second kappa shape index (κ2) is 26.5. The Hall–Kier alpha value is -1.10. The summed E-state index contributed by atoms with van der Waals surface area (Å²) < 4.78 is 27.6. The molecule has 34 heavy (non-hydrogen) atoms. The monoisotopic (exact) mass is 490 g/mol. The number of hydrogen-bond acceptors (Lipinski definition) is 8. The summed E-state index contributed by atoms with van der Waals surface area (Å²) in [6, 6.07) is 0. The summed E-state index contributed by atoms with van der Waals surface area (Å²) in [5.41, 5.74) is 0. The van der Waals surface area contributed by atoms with E-state index in [1.54, 1.807) is 13.8 Å². The minimum Gasteiger partial charge on any atom is -0.380 e. The Morgan fingerprint density at radius 2 is 1.15 bits per heavy atom. The highest BCUT2D eigenvalue weighted by molar-refractivity contribution is 5.75. The maximum absolute atomic E-state index is 11.0. The van der Waals surface area contributed by atoms with Crippen LogP contribution in [0.2, 0.25) is 0 Å². The summed E-state index contributed by atoms with van der Waals surface area (Å²) in [6.45, 7) is 14.7. The van der Waals surface area contributed by atoms with Crippen molar-refractivity contribution in [3.05, 3.63) is 0 Å². The van der Waals surface area contributed by atoms with Crippen molar-refractivity contribution >= 4 is 11.7 Å². The number of hydrogen-bond donors (Lipinski definition) is 1. The topological polar surface area (TPSA) is 95.6 Å². The van der Waals surface area contributed by atoms with Crippen molar-refractivity contribution in [2.75, 3.05) is 92.2 Å². The number of amides is 1. The molecule has 1 amide bonds. The smallest absolute Gasteiger partial charge is 0.216 e. The van der Waals surface area contributed by atoms with Gasteiger partial charge in [0.25, 0.3) is 0 Å². The van der Waals surface area contributed by atoms with Crippen molar-refractivity contribution in [3.63, 3.8) is 0 Å². The van der Waals surface area contributed by atoms with Crippen LogP contribution < -0.4 is 5.32 Å². The second-order valence-corrected chi connectivity index (χ2v) is 8.19. The average Bonchev–Trinajstić information content (AvgIpc) is 2.80. The van der Waals surface area contributed by atoms with E-state index in [9.17, 15) is 9.59 Å². The fraction of sp³-hybridized carbons (Fsp3) is 0.920. The third-order valence-electron chi connectivity index (χ3n) is 5.02. The van der Waals surface area contributed by atoms with Gasteiger partial charge in [-0.15, -0.1) is 0 Å². The van der Waals surface area contributed by atoms with E-state index in [1.165, 1.54) is 0 Å². The molecule has 0 bridgehead atoms. The van der Waals surface area contributed by atoms with Crippen molar-refractivity contribution in [3.8, 4) is 0 Å². The maximum Gasteiger partial charge on any atom is 0.216 e. The Bertz CT molecular complexity index is 467. The molecular weight excluding hydrogens is 440 g/mol. The maximum atomic E-state index is 11.0. The van der Waals surface area contributed by atoms with Gasteiger partial charge in [0.2, 0.25) is 5.91 Å². The molecule has 0 saturated heterocycles. The van der Waals surface area contributed by atoms with Crippen molar-refractivity contribution in [2.45, 2.75) is 59.3 Å². The van der Waals surface area contributed by atoms with Gasteiger partial charge in [-0.1, -0.05) is 12.8 Å². The Kier molecular flexibility index (Phi) is 25.6. The Labute approximate surface area is 207 Å². The van der Waals surface area contributed by atoms with Crippen LogP contribution in [0.25, 0.3) is 0 Å². The third kappa shape index (κ3) is 27.1. The largest absolute Gasteiger partial charge is 0.380 e. The zero-order valence-electron chi connectivity index (χ0n) is 21.9. The van der Waals surface area contributed by atoms with E-state index in [0.29, 0.717) is 72.5 Å². The lowest BCUT2D eigenvalue weighted by Gasteiger charge is -2.22. The Morgan fingerprint density at radius 1 is 0.618 bits per heavy atom. The van der Waals surface area contributed by atoms with Crippen LogP contribution in [0.15, 0.2) is 0 Å². The molecule has 9 nitrogen and oxygen atoms in total. The van der Waals surface area contributed by atoms with E-state index in [2.05, 4.69) is 10.2 Å². The molecule has 0 radical (unpaired) electrons. The molecule has 0 aliphatic heterocycles. The van der Waals surface area contributed by atoms with E-state index in [-0.39, 0.29) is 11.7 Å². The van der Waals surface area contributed by atoms with Gasteiger partial charge in [0.1, 0.15) is 5.78 Å². The highest BCUT2D eigenvalue weighted by atomic mass is 16.6. The van der Waals surface area contributed by atoms with E-state index in [1.807, 2.05) is 6.92 Å². The van der Waals surface area contributed by atoms with Crippen molar-refractivity contribution in [1.29, 1.82) is 0 Å². The number of ether oxygens (including phenoxy) is 5. The molecule has 0 rings (SSSR count). The number of carbonyl (C=O) groups excluding carboxylic acids is 2. The lowest BCUT2D eigenvalue weighted by molar-refractivity contribution is -0.119. The van der Waals surface area contributed by atoms with Gasteiger partial charge in [0.05, 0.1) is 52.9 Å². The number of unbranched alkanes of at least 4 members (excludes halogenated alkanes) is 3. The number of carbonyl (C=O) groups is 2. The number of nitrogens with zero attached hydrogens (tertiary/aromatic N) is 1. The Balaban J connectivity index is 3.85. The summed E-state index contributed by atoms with van der Waals surface area (Å²) in [5.74, 6) is 0.240. The van der Waals surface area contributed by atoms with Crippen LogP contribution in [0, 0.1) is 0 Å². The number of nitrogens with one attached hydrogen (secondary N) is 1. The average molecular weight is 491 g/mol. The van der Waals surface area contributed by atoms with Gasteiger partial charge >= 0.3 is 0 Å². The third-order valence-corrected chi connectivity index (χ3v) is 5.02. The number of ketones is 1. The molecule has 0 fully saturated rings. The van der Waals surface area contributed by atoms with Gasteiger partial charge < -0.3 is 33.8 Å². The van der Waals surface area contributed by atoms with Gasteiger partial charge in [0.15, 0.2) is 0 Å². The molecule has 1 N–H and O–H groups in total. The van der Waals surface area contributed by atoms with E-state index >= 15 is 0 Å². The van der Waals surface area contributed by atoms with E-state index in [4.69, 9.17) is 23.7 Å². The predicted octanol–water partition coefficient (Wildman–Crippen LogP) is 2.46. The highest BCUT2D eigenvalue weighted by Gasteiger charge is 2.06. The first-order chi connectivity index (χ1) is 16.6. The molecule has 0 heterocycles. The van der Waals surface area contributed by atoms with Crippen LogP contribution in [0.1, 0.15) is 59.3 Å². The van der Waals surface area contributed by atoms with Crippen molar-refractivity contribution < 1.29 is 33.3 Å². The van der Waals surface area contributed by atoms with Crippen molar-refractivity contribution in [2.24, 2.45) is 0 Å². The summed E-state index contributed by atoms with van der Waals surface area (Å²) in [4.78, 5) is 24.3. The molecule has 202 valence electrons. The second-order valence-electron chi connectivity index (χ2n) is 8.19. The fourth-order valence-electron chi connectivity index (χ4n) is 3.13. The zero-order valence-corrected chi connectivity index (χ0v) is 21.9. The molecule has 0 aromatic heterocycles. The van der Waals surface area contributed by atoms with Crippen LogP contribution in [0.5, 0.6) is 0 Å². The lowest BCUT2D eigenvalue weighted by atomic mass is 10.2. The minimum atomic E-state index is 0.0331. The normalized spacial score (nSPS) is 11.3. The SMILES string of the molecule is CCOCCOCCOCCOCCN(CCCCCCNC(C)=O)CCOCCCC(C)=O. The summed E-state index contributed by atoms with van der Waals surface area (Å²) in [6.07, 6.45) is 5.73. The molecule has 9 heteroatoms. The molecule has 0 spiro atoms. The molecule has 0 unspecified atom stereocenters. The molecule has 0 aliphatic rings. The van der Waals surface area contributed by atoms with Crippen LogP contribution in [-0.2, 0) is 33.3 Å². The standard InChI is InChI=1S/C25H50N2O7/c1-4-30-18-19-33-22-23-34-21-20-32-17-14-27(13-16-31-15-9-10-24(2)28)12-8-6-5-7-11-26-25(3)29/h4-23H2,1-3H3,(H,26,29). The van der Waals surface area contributed by atoms with Gasteiger partial charge in [-0.25, -0.2) is 0 Å². The van der Waals surface area contributed by atoms with Gasteiger partial charge in [-0.05, 0) is 39.7 Å².